The van der Waals surface area contributed by atoms with Crippen molar-refractivity contribution < 1.29 is 19.0 Å². The first-order chi connectivity index (χ1) is 16.0. The fourth-order valence-corrected chi connectivity index (χ4v) is 4.95. The number of rotatable bonds is 6. The minimum atomic E-state index is -0.629. The Morgan fingerprint density at radius 1 is 1.12 bits per heavy atom. The lowest BCUT2D eigenvalue weighted by molar-refractivity contribution is -0.139. The average Bonchev–Trinajstić information content (AvgIpc) is 3.13. The molecule has 0 saturated carbocycles. The van der Waals surface area contributed by atoms with Crippen LogP contribution in [0.25, 0.3) is 6.08 Å². The molecule has 1 aliphatic heterocycles. The molecule has 0 N–H and O–H groups in total. The van der Waals surface area contributed by atoms with Crippen LogP contribution in [0.5, 0.6) is 11.5 Å². The zero-order valence-electron chi connectivity index (χ0n) is 18.8. The summed E-state index contributed by atoms with van der Waals surface area (Å²) in [5.74, 6) is 0.631. The number of fused-ring (bicyclic) bond motifs is 1. The van der Waals surface area contributed by atoms with Crippen LogP contribution in [-0.2, 0) is 9.53 Å². The molecule has 2 aromatic carbocycles. The van der Waals surface area contributed by atoms with E-state index in [1.54, 1.807) is 44.8 Å². The second-order valence-electron chi connectivity index (χ2n) is 7.30. The maximum atomic E-state index is 13.6. The number of allylic oxidation sites excluding steroid dienone is 1. The summed E-state index contributed by atoms with van der Waals surface area (Å²) < 4.78 is 18.2. The highest BCUT2D eigenvalue weighted by Gasteiger charge is 2.33. The molecule has 0 saturated heterocycles. The lowest BCUT2D eigenvalue weighted by Crippen LogP contribution is -2.39. The molecule has 3 aromatic rings. The van der Waals surface area contributed by atoms with Crippen molar-refractivity contribution in [1.82, 2.24) is 4.57 Å². The molecule has 170 valence electrons. The molecule has 0 radical (unpaired) electrons. The van der Waals surface area contributed by atoms with Gasteiger partial charge in [0.1, 0.15) is 0 Å². The van der Waals surface area contributed by atoms with Gasteiger partial charge in [-0.3, -0.25) is 9.36 Å². The Kier molecular flexibility index (Phi) is 6.46. The van der Waals surface area contributed by atoms with E-state index in [9.17, 15) is 9.59 Å². The third-order valence-electron chi connectivity index (χ3n) is 5.35. The first kappa shape index (κ1) is 22.5. The van der Waals surface area contributed by atoms with E-state index < -0.39 is 12.0 Å². The molecule has 1 aromatic heterocycles. The first-order valence-electron chi connectivity index (χ1n) is 10.5. The number of hydrogen-bond donors (Lipinski definition) is 0. The fourth-order valence-electron chi connectivity index (χ4n) is 3.91. The largest absolute Gasteiger partial charge is 0.493 e. The lowest BCUT2D eigenvalue weighted by Gasteiger charge is -2.24. The molecular weight excluding hydrogens is 440 g/mol. The molecule has 0 amide bonds. The minimum Gasteiger partial charge on any atom is -0.493 e. The highest BCUT2D eigenvalue weighted by atomic mass is 32.1. The van der Waals surface area contributed by atoms with Gasteiger partial charge in [-0.1, -0.05) is 53.8 Å². The van der Waals surface area contributed by atoms with Crippen molar-refractivity contribution in [2.45, 2.75) is 19.9 Å². The van der Waals surface area contributed by atoms with Crippen molar-refractivity contribution in [3.8, 4) is 11.5 Å². The van der Waals surface area contributed by atoms with Crippen molar-refractivity contribution >= 4 is 23.4 Å². The van der Waals surface area contributed by atoms with Gasteiger partial charge in [0.05, 0.1) is 42.7 Å². The van der Waals surface area contributed by atoms with Crippen LogP contribution in [0.15, 0.2) is 69.6 Å². The number of benzene rings is 2. The zero-order chi connectivity index (χ0) is 23.5. The summed E-state index contributed by atoms with van der Waals surface area (Å²) in [5.41, 5.74) is 2.17. The monoisotopic (exact) mass is 464 g/mol. The molecule has 0 fully saturated rings. The first-order valence-corrected chi connectivity index (χ1v) is 11.3. The number of ether oxygens (including phenoxy) is 3. The Balaban J connectivity index is 1.96. The van der Waals surface area contributed by atoms with Gasteiger partial charge < -0.3 is 14.2 Å². The number of para-hydroxylation sites is 1. The average molecular weight is 465 g/mol. The smallest absolute Gasteiger partial charge is 0.338 e. The van der Waals surface area contributed by atoms with Crippen molar-refractivity contribution in [3.05, 3.63) is 90.6 Å². The van der Waals surface area contributed by atoms with Gasteiger partial charge in [0.2, 0.25) is 0 Å². The van der Waals surface area contributed by atoms with Gasteiger partial charge in [-0.15, -0.1) is 0 Å². The van der Waals surface area contributed by atoms with Crippen LogP contribution in [0, 0.1) is 0 Å². The van der Waals surface area contributed by atoms with E-state index in [1.165, 1.54) is 11.3 Å². The van der Waals surface area contributed by atoms with E-state index in [1.807, 2.05) is 42.5 Å². The van der Waals surface area contributed by atoms with Crippen molar-refractivity contribution in [1.29, 1.82) is 0 Å². The number of thiazole rings is 1. The highest BCUT2D eigenvalue weighted by Crippen LogP contribution is 2.32. The van der Waals surface area contributed by atoms with Gasteiger partial charge in [0.25, 0.3) is 5.56 Å². The SMILES string of the molecule is CCOC(=O)C1=C(C)N=c2sc(=Cc3cccc(OC)c3OC)c(=O)n2C1c1ccccc1. The maximum Gasteiger partial charge on any atom is 0.338 e. The Hall–Kier alpha value is -3.65. The number of hydrogen-bond acceptors (Lipinski definition) is 7. The third kappa shape index (κ3) is 4.09. The Morgan fingerprint density at radius 3 is 2.55 bits per heavy atom. The zero-order valence-corrected chi connectivity index (χ0v) is 19.6. The summed E-state index contributed by atoms with van der Waals surface area (Å²) >= 11 is 1.26. The topological polar surface area (TPSA) is 79.1 Å². The summed E-state index contributed by atoms with van der Waals surface area (Å²) in [6.45, 7) is 3.75. The molecule has 1 unspecified atom stereocenters. The quantitative estimate of drug-likeness (QED) is 0.524. The predicted molar refractivity (Wildman–Crippen MR) is 126 cm³/mol. The number of methoxy groups -OCH3 is 2. The van der Waals surface area contributed by atoms with Crippen LogP contribution < -0.4 is 24.4 Å². The van der Waals surface area contributed by atoms with Gasteiger partial charge in [-0.2, -0.15) is 0 Å². The van der Waals surface area contributed by atoms with Gasteiger partial charge in [0, 0.05) is 5.56 Å². The van der Waals surface area contributed by atoms with Crippen LogP contribution in [0.2, 0.25) is 0 Å². The molecule has 0 aliphatic carbocycles. The Labute approximate surface area is 194 Å². The Morgan fingerprint density at radius 2 is 1.88 bits per heavy atom. The number of nitrogens with zero attached hydrogens (tertiary/aromatic N) is 2. The minimum absolute atomic E-state index is 0.233. The second-order valence-corrected chi connectivity index (χ2v) is 8.30. The van der Waals surface area contributed by atoms with E-state index in [2.05, 4.69) is 4.99 Å². The summed E-state index contributed by atoms with van der Waals surface area (Å²) in [5, 5.41) is 0. The summed E-state index contributed by atoms with van der Waals surface area (Å²) in [7, 11) is 3.12. The van der Waals surface area contributed by atoms with Crippen LogP contribution in [0.4, 0.5) is 0 Å². The van der Waals surface area contributed by atoms with Crippen LogP contribution in [0.1, 0.15) is 31.0 Å². The second kappa shape index (κ2) is 9.46. The molecule has 33 heavy (non-hydrogen) atoms. The Bertz CT molecular complexity index is 1400. The van der Waals surface area contributed by atoms with Gasteiger partial charge in [-0.05, 0) is 31.6 Å². The molecule has 1 atom stereocenters. The maximum absolute atomic E-state index is 13.6. The number of carbonyl (C=O) groups excluding carboxylic acids is 1. The van der Waals surface area contributed by atoms with Crippen LogP contribution in [-0.4, -0.2) is 31.4 Å². The molecule has 0 bridgehead atoms. The fraction of sp³-hybridized carbons (Fsp3) is 0.240. The van der Waals surface area contributed by atoms with Gasteiger partial charge in [0.15, 0.2) is 16.3 Å². The van der Waals surface area contributed by atoms with Crippen molar-refractivity contribution in [2.75, 3.05) is 20.8 Å². The van der Waals surface area contributed by atoms with Crippen molar-refractivity contribution in [3.63, 3.8) is 0 Å². The lowest BCUT2D eigenvalue weighted by atomic mass is 9.96. The van der Waals surface area contributed by atoms with Gasteiger partial charge >= 0.3 is 5.97 Å². The highest BCUT2D eigenvalue weighted by molar-refractivity contribution is 7.07. The molecular formula is C25H24N2O5S. The van der Waals surface area contributed by atoms with E-state index >= 15 is 0 Å². The number of aromatic nitrogens is 1. The predicted octanol–water partition coefficient (Wildman–Crippen LogP) is 2.82. The molecule has 0 spiro atoms. The molecule has 2 heterocycles. The van der Waals surface area contributed by atoms with Gasteiger partial charge in [-0.25, -0.2) is 9.79 Å². The summed E-state index contributed by atoms with van der Waals surface area (Å²) in [4.78, 5) is 31.6. The van der Waals surface area contributed by atoms with E-state index in [4.69, 9.17) is 14.2 Å². The number of carbonyl (C=O) groups is 1. The number of esters is 1. The molecule has 8 heteroatoms. The summed E-state index contributed by atoms with van der Waals surface area (Å²) in [6.07, 6.45) is 1.76. The van der Waals surface area contributed by atoms with Crippen LogP contribution >= 0.6 is 11.3 Å². The molecule has 7 nitrogen and oxygen atoms in total. The molecule has 1 aliphatic rings. The van der Waals surface area contributed by atoms with Crippen molar-refractivity contribution in [2.24, 2.45) is 4.99 Å². The van der Waals surface area contributed by atoms with E-state index in [0.29, 0.717) is 37.7 Å². The summed E-state index contributed by atoms with van der Waals surface area (Å²) in [6, 6.07) is 14.3. The third-order valence-corrected chi connectivity index (χ3v) is 6.34. The standard InChI is InChI=1S/C25H24N2O5S/c1-5-32-24(29)20-15(2)26-25-27(21(20)16-10-7-6-8-11-16)23(28)19(33-25)14-17-12-9-13-18(30-3)22(17)31-4/h6-14,21H,5H2,1-4H3. The van der Waals surface area contributed by atoms with E-state index in [-0.39, 0.29) is 12.2 Å². The normalized spacial score (nSPS) is 15.6. The van der Waals surface area contributed by atoms with Crippen LogP contribution in [0.3, 0.4) is 0 Å². The van der Waals surface area contributed by atoms with E-state index in [0.717, 1.165) is 5.56 Å². The molecule has 4 rings (SSSR count).